The fourth-order valence-electron chi connectivity index (χ4n) is 2.53. The predicted molar refractivity (Wildman–Crippen MR) is 97.5 cm³/mol. The first-order valence-electron chi connectivity index (χ1n) is 7.86. The van der Waals surface area contributed by atoms with Crippen LogP contribution in [-0.4, -0.2) is 29.1 Å². The molecule has 0 bridgehead atoms. The molecular weight excluding hydrogens is 404 g/mol. The molecule has 0 saturated heterocycles. The summed E-state index contributed by atoms with van der Waals surface area (Å²) in [5.41, 5.74) is -0.689. The van der Waals surface area contributed by atoms with Gasteiger partial charge in [0.2, 0.25) is 0 Å². The zero-order valence-corrected chi connectivity index (χ0v) is 15.3. The number of aliphatic imine (C=N–C) groups is 1. The summed E-state index contributed by atoms with van der Waals surface area (Å²) >= 11 is 7.10. The largest absolute Gasteiger partial charge is 0.416 e. The van der Waals surface area contributed by atoms with E-state index in [9.17, 15) is 22.4 Å². The Bertz CT molecular complexity index is 881. The first-order valence-corrected chi connectivity index (χ1v) is 9.23. The number of hydrogen-bond donors (Lipinski definition) is 0. The van der Waals surface area contributed by atoms with Gasteiger partial charge in [-0.05, 0) is 30.3 Å². The summed E-state index contributed by atoms with van der Waals surface area (Å²) in [5, 5.41) is 0.591. The lowest BCUT2D eigenvalue weighted by atomic mass is 10.1. The monoisotopic (exact) mass is 416 g/mol. The molecular formula is C18H13ClF4N2OS. The molecule has 0 unspecified atom stereocenters. The zero-order valence-electron chi connectivity index (χ0n) is 13.8. The molecule has 0 spiro atoms. The topological polar surface area (TPSA) is 32.7 Å². The molecule has 2 aromatic carbocycles. The van der Waals surface area contributed by atoms with E-state index in [1.165, 1.54) is 29.2 Å². The summed E-state index contributed by atoms with van der Waals surface area (Å²) in [6, 6.07) is 8.57. The number of carbonyl (C=O) groups is 1. The van der Waals surface area contributed by atoms with Crippen LogP contribution >= 0.6 is 23.4 Å². The number of carbonyl (C=O) groups excluding carboxylic acids is 1. The Balaban J connectivity index is 1.75. The highest BCUT2D eigenvalue weighted by molar-refractivity contribution is 8.13. The first-order chi connectivity index (χ1) is 12.8. The van der Waals surface area contributed by atoms with E-state index < -0.39 is 23.5 Å². The molecule has 0 N–H and O–H groups in total. The third-order valence-corrected chi connectivity index (χ3v) is 5.29. The second-order valence-corrected chi connectivity index (χ2v) is 7.04. The van der Waals surface area contributed by atoms with Crippen LogP contribution in [0, 0.1) is 5.82 Å². The van der Waals surface area contributed by atoms with Gasteiger partial charge in [0.1, 0.15) is 5.82 Å². The zero-order chi connectivity index (χ0) is 19.6. The van der Waals surface area contributed by atoms with Gasteiger partial charge in [-0.25, -0.2) is 4.39 Å². The Hall–Kier alpha value is -2.06. The van der Waals surface area contributed by atoms with Crippen LogP contribution in [0.3, 0.4) is 0 Å². The van der Waals surface area contributed by atoms with Crippen LogP contribution in [0.5, 0.6) is 0 Å². The molecule has 27 heavy (non-hydrogen) atoms. The van der Waals surface area contributed by atoms with Gasteiger partial charge in [0.05, 0.1) is 12.1 Å². The molecule has 1 amide bonds. The molecule has 0 aliphatic carbocycles. The van der Waals surface area contributed by atoms with E-state index in [1.807, 2.05) is 0 Å². The van der Waals surface area contributed by atoms with Crippen molar-refractivity contribution < 1.29 is 22.4 Å². The van der Waals surface area contributed by atoms with Crippen molar-refractivity contribution in [2.75, 3.05) is 13.1 Å². The van der Waals surface area contributed by atoms with Crippen molar-refractivity contribution in [2.45, 2.75) is 11.9 Å². The number of benzene rings is 2. The normalized spacial score (nSPS) is 14.4. The van der Waals surface area contributed by atoms with Crippen LogP contribution in [-0.2, 0) is 11.9 Å². The minimum absolute atomic E-state index is 0.0797. The van der Waals surface area contributed by atoms with Gasteiger partial charge in [-0.3, -0.25) is 14.7 Å². The van der Waals surface area contributed by atoms with Gasteiger partial charge in [-0.2, -0.15) is 13.2 Å². The molecule has 0 atom stereocenters. The summed E-state index contributed by atoms with van der Waals surface area (Å²) in [4.78, 5) is 18.2. The molecule has 0 radical (unpaired) electrons. The third kappa shape index (κ3) is 4.44. The Kier molecular flexibility index (Phi) is 5.76. The number of hydrogen-bond acceptors (Lipinski definition) is 3. The molecule has 9 heteroatoms. The summed E-state index contributed by atoms with van der Waals surface area (Å²) < 4.78 is 52.5. The number of amidine groups is 1. The highest BCUT2D eigenvalue weighted by Gasteiger charge is 2.32. The van der Waals surface area contributed by atoms with Crippen molar-refractivity contribution in [3.63, 3.8) is 0 Å². The molecule has 0 saturated carbocycles. The lowest BCUT2D eigenvalue weighted by Crippen LogP contribution is -2.33. The van der Waals surface area contributed by atoms with Gasteiger partial charge >= 0.3 is 6.18 Å². The fourth-order valence-corrected chi connectivity index (χ4v) is 3.92. The van der Waals surface area contributed by atoms with E-state index >= 15 is 0 Å². The molecule has 2 aromatic rings. The summed E-state index contributed by atoms with van der Waals surface area (Å²) in [6.45, 7) is 0.584. The lowest BCUT2D eigenvalue weighted by molar-refractivity contribution is -0.137. The summed E-state index contributed by atoms with van der Waals surface area (Å²) in [7, 11) is 0. The SMILES string of the molecule is O=C(c1cccc(C(F)(F)F)c1)N1CCN=C1SCc1c(F)cccc1Cl. The van der Waals surface area contributed by atoms with Gasteiger partial charge in [-0.1, -0.05) is 35.5 Å². The maximum Gasteiger partial charge on any atom is 0.416 e. The van der Waals surface area contributed by atoms with Crippen molar-refractivity contribution in [3.8, 4) is 0 Å². The second kappa shape index (κ2) is 7.90. The average Bonchev–Trinajstić information content (AvgIpc) is 3.08. The quantitative estimate of drug-likeness (QED) is 0.641. The molecule has 142 valence electrons. The van der Waals surface area contributed by atoms with Crippen LogP contribution in [0.2, 0.25) is 5.02 Å². The van der Waals surface area contributed by atoms with E-state index in [0.29, 0.717) is 11.7 Å². The minimum atomic E-state index is -4.53. The Labute approximate surface area is 162 Å². The number of amides is 1. The van der Waals surface area contributed by atoms with Crippen LogP contribution in [0.1, 0.15) is 21.5 Å². The Morgan fingerprint density at radius 2 is 1.96 bits per heavy atom. The second-order valence-electron chi connectivity index (χ2n) is 5.69. The smallest absolute Gasteiger partial charge is 0.286 e. The molecule has 1 aliphatic rings. The average molecular weight is 417 g/mol. The molecule has 1 heterocycles. The van der Waals surface area contributed by atoms with E-state index in [4.69, 9.17) is 11.6 Å². The number of halogens is 5. The van der Waals surface area contributed by atoms with Crippen LogP contribution in [0.25, 0.3) is 0 Å². The summed E-state index contributed by atoms with van der Waals surface area (Å²) in [6.07, 6.45) is -4.53. The minimum Gasteiger partial charge on any atom is -0.286 e. The highest BCUT2D eigenvalue weighted by Crippen LogP contribution is 2.31. The highest BCUT2D eigenvalue weighted by atomic mass is 35.5. The first kappa shape index (κ1) is 19.7. The number of nitrogens with zero attached hydrogens (tertiary/aromatic N) is 2. The van der Waals surface area contributed by atoms with E-state index in [1.54, 1.807) is 6.07 Å². The van der Waals surface area contributed by atoms with Crippen LogP contribution in [0.15, 0.2) is 47.5 Å². The number of thioether (sulfide) groups is 1. The van der Waals surface area contributed by atoms with Gasteiger partial charge in [0.15, 0.2) is 5.17 Å². The van der Waals surface area contributed by atoms with E-state index in [0.717, 1.165) is 23.9 Å². The fraction of sp³-hybridized carbons (Fsp3) is 0.222. The van der Waals surface area contributed by atoms with Crippen molar-refractivity contribution in [2.24, 2.45) is 4.99 Å². The standard InChI is InChI=1S/C18H13ClF4N2OS/c19-14-5-2-6-15(20)13(14)10-27-17-24-7-8-25(17)16(26)11-3-1-4-12(9-11)18(21,22)23/h1-6,9H,7-8,10H2. The Morgan fingerprint density at radius 1 is 1.22 bits per heavy atom. The summed E-state index contributed by atoms with van der Waals surface area (Å²) in [5.74, 6) is -0.898. The van der Waals surface area contributed by atoms with Gasteiger partial charge in [0, 0.05) is 28.4 Å². The van der Waals surface area contributed by atoms with Crippen molar-refractivity contribution in [3.05, 3.63) is 70.0 Å². The third-order valence-electron chi connectivity index (χ3n) is 3.89. The van der Waals surface area contributed by atoms with E-state index in [-0.39, 0.29) is 28.4 Å². The predicted octanol–water partition coefficient (Wildman–Crippen LogP) is 5.24. The molecule has 3 nitrogen and oxygen atoms in total. The van der Waals surface area contributed by atoms with Crippen molar-refractivity contribution >= 4 is 34.4 Å². The van der Waals surface area contributed by atoms with Crippen molar-refractivity contribution in [1.29, 1.82) is 0 Å². The molecule has 0 fully saturated rings. The number of rotatable bonds is 3. The van der Waals surface area contributed by atoms with Gasteiger partial charge < -0.3 is 0 Å². The number of alkyl halides is 3. The molecule has 0 aromatic heterocycles. The Morgan fingerprint density at radius 3 is 2.67 bits per heavy atom. The van der Waals surface area contributed by atoms with Gasteiger partial charge in [0.25, 0.3) is 5.91 Å². The maximum absolute atomic E-state index is 13.9. The molecule has 1 aliphatic heterocycles. The lowest BCUT2D eigenvalue weighted by Gasteiger charge is -2.19. The maximum atomic E-state index is 13.9. The van der Waals surface area contributed by atoms with Crippen molar-refractivity contribution in [1.82, 2.24) is 4.90 Å². The van der Waals surface area contributed by atoms with Crippen LogP contribution < -0.4 is 0 Å². The molecule has 3 rings (SSSR count). The van der Waals surface area contributed by atoms with E-state index in [2.05, 4.69) is 4.99 Å². The van der Waals surface area contributed by atoms with Gasteiger partial charge in [-0.15, -0.1) is 0 Å². The van der Waals surface area contributed by atoms with Crippen LogP contribution in [0.4, 0.5) is 17.6 Å².